The third-order valence-corrected chi connectivity index (χ3v) is 5.05. The van der Waals surface area contributed by atoms with Gasteiger partial charge in [0.15, 0.2) is 6.10 Å². The fourth-order valence-electron chi connectivity index (χ4n) is 3.52. The number of hydrogen-bond acceptors (Lipinski definition) is 4. The molecule has 0 bridgehead atoms. The highest BCUT2D eigenvalue weighted by molar-refractivity contribution is 6.05. The summed E-state index contributed by atoms with van der Waals surface area (Å²) in [5, 5.41) is 3.61. The number of hydrogen-bond donors (Lipinski definition) is 1. The van der Waals surface area contributed by atoms with Crippen molar-refractivity contribution in [2.45, 2.75) is 53.1 Å². The molecular weight excluding hydrogens is 340 g/mol. The Morgan fingerprint density at radius 2 is 2.00 bits per heavy atom. The second-order valence-electron chi connectivity index (χ2n) is 7.96. The van der Waals surface area contributed by atoms with Crippen molar-refractivity contribution < 1.29 is 14.3 Å². The van der Waals surface area contributed by atoms with Crippen LogP contribution in [0, 0.1) is 11.8 Å². The van der Waals surface area contributed by atoms with Gasteiger partial charge in [0.2, 0.25) is 0 Å². The molecule has 1 aliphatic rings. The van der Waals surface area contributed by atoms with E-state index < -0.39 is 12.1 Å². The molecule has 144 valence electrons. The van der Waals surface area contributed by atoms with Crippen molar-refractivity contribution in [1.29, 1.82) is 0 Å². The number of nitrogens with zero attached hydrogens (tertiary/aromatic N) is 1. The summed E-state index contributed by atoms with van der Waals surface area (Å²) in [5.74, 6) is 0.136. The molecule has 3 rings (SSSR count). The van der Waals surface area contributed by atoms with Crippen LogP contribution < -0.4 is 5.32 Å². The van der Waals surface area contributed by atoms with Gasteiger partial charge >= 0.3 is 5.97 Å². The van der Waals surface area contributed by atoms with E-state index in [-0.39, 0.29) is 5.91 Å². The molecule has 0 radical (unpaired) electrons. The van der Waals surface area contributed by atoms with Crippen molar-refractivity contribution in [2.24, 2.45) is 11.8 Å². The van der Waals surface area contributed by atoms with E-state index in [1.807, 2.05) is 38.1 Å². The van der Waals surface area contributed by atoms with E-state index >= 15 is 0 Å². The molecule has 1 aromatic carbocycles. The fraction of sp³-hybridized carbons (Fsp3) is 0.500. The molecule has 0 spiro atoms. The Morgan fingerprint density at radius 3 is 2.74 bits per heavy atom. The number of benzene rings is 1. The van der Waals surface area contributed by atoms with E-state index in [4.69, 9.17) is 9.72 Å². The van der Waals surface area contributed by atoms with Gasteiger partial charge in [-0.15, -0.1) is 0 Å². The average molecular weight is 368 g/mol. The molecule has 0 saturated carbocycles. The first-order valence-corrected chi connectivity index (χ1v) is 9.76. The SMILES string of the molecule is CC(C)CNC(=O)[C@H](C)OC(=O)c1c2c(nc3ccccc13)CC[C@@H](C)C2. The quantitative estimate of drug-likeness (QED) is 0.818. The largest absolute Gasteiger partial charge is 0.449 e. The first-order chi connectivity index (χ1) is 12.9. The highest BCUT2D eigenvalue weighted by atomic mass is 16.5. The van der Waals surface area contributed by atoms with Gasteiger partial charge in [0.25, 0.3) is 5.91 Å². The predicted molar refractivity (Wildman–Crippen MR) is 106 cm³/mol. The van der Waals surface area contributed by atoms with Gasteiger partial charge in [0.05, 0.1) is 11.1 Å². The van der Waals surface area contributed by atoms with Crippen molar-refractivity contribution in [3.63, 3.8) is 0 Å². The Balaban J connectivity index is 1.91. The first kappa shape index (κ1) is 19.3. The van der Waals surface area contributed by atoms with Gasteiger partial charge in [-0.25, -0.2) is 4.79 Å². The highest BCUT2D eigenvalue weighted by Gasteiger charge is 2.28. The summed E-state index contributed by atoms with van der Waals surface area (Å²) in [4.78, 5) is 30.0. The summed E-state index contributed by atoms with van der Waals surface area (Å²) in [6.45, 7) is 8.41. The van der Waals surface area contributed by atoms with Gasteiger partial charge in [0, 0.05) is 17.6 Å². The van der Waals surface area contributed by atoms with E-state index in [1.165, 1.54) is 0 Å². The second-order valence-corrected chi connectivity index (χ2v) is 7.96. The zero-order chi connectivity index (χ0) is 19.6. The van der Waals surface area contributed by atoms with Crippen molar-refractivity contribution in [3.8, 4) is 0 Å². The number of aryl methyl sites for hydroxylation is 1. The van der Waals surface area contributed by atoms with E-state index in [9.17, 15) is 9.59 Å². The van der Waals surface area contributed by atoms with E-state index in [0.717, 1.165) is 41.4 Å². The Morgan fingerprint density at radius 1 is 1.26 bits per heavy atom. The Hall–Kier alpha value is -2.43. The number of pyridine rings is 1. The summed E-state index contributed by atoms with van der Waals surface area (Å²) in [7, 11) is 0. The predicted octanol–water partition coefficient (Wildman–Crippen LogP) is 3.68. The summed E-state index contributed by atoms with van der Waals surface area (Å²) < 4.78 is 5.56. The van der Waals surface area contributed by atoms with Crippen LogP contribution in [0.3, 0.4) is 0 Å². The van der Waals surface area contributed by atoms with Crippen molar-refractivity contribution in [3.05, 3.63) is 41.1 Å². The van der Waals surface area contributed by atoms with E-state index in [2.05, 4.69) is 12.2 Å². The van der Waals surface area contributed by atoms with Crippen LogP contribution in [-0.4, -0.2) is 29.5 Å². The molecule has 0 saturated heterocycles. The van der Waals surface area contributed by atoms with Crippen molar-refractivity contribution in [1.82, 2.24) is 10.3 Å². The van der Waals surface area contributed by atoms with Crippen molar-refractivity contribution in [2.75, 3.05) is 6.54 Å². The smallest absolute Gasteiger partial charge is 0.339 e. The number of rotatable bonds is 5. The molecule has 0 aliphatic heterocycles. The summed E-state index contributed by atoms with van der Waals surface area (Å²) in [5.41, 5.74) is 3.34. The maximum Gasteiger partial charge on any atom is 0.339 e. The first-order valence-electron chi connectivity index (χ1n) is 9.76. The molecule has 1 N–H and O–H groups in total. The molecule has 0 fully saturated rings. The summed E-state index contributed by atoms with van der Waals surface area (Å²) in [6, 6.07) is 7.65. The van der Waals surface area contributed by atoms with Crippen LogP contribution in [0.1, 0.15) is 55.7 Å². The summed E-state index contributed by atoms with van der Waals surface area (Å²) >= 11 is 0. The van der Waals surface area contributed by atoms with Crippen LogP contribution >= 0.6 is 0 Å². The van der Waals surface area contributed by atoms with Gasteiger partial charge in [-0.2, -0.15) is 0 Å². The van der Waals surface area contributed by atoms with Crippen LogP contribution in [0.5, 0.6) is 0 Å². The third-order valence-electron chi connectivity index (χ3n) is 5.05. The average Bonchev–Trinajstić information content (AvgIpc) is 2.63. The number of aromatic nitrogens is 1. The van der Waals surface area contributed by atoms with Gasteiger partial charge in [0.1, 0.15) is 0 Å². The van der Waals surface area contributed by atoms with Crippen LogP contribution in [0.4, 0.5) is 0 Å². The van der Waals surface area contributed by atoms with Gasteiger partial charge in [-0.05, 0) is 49.7 Å². The lowest BCUT2D eigenvalue weighted by Crippen LogP contribution is -2.37. The Kier molecular flexibility index (Phi) is 5.78. The van der Waals surface area contributed by atoms with Crippen LogP contribution in [0.25, 0.3) is 10.9 Å². The minimum Gasteiger partial charge on any atom is -0.449 e. The molecule has 1 heterocycles. The van der Waals surface area contributed by atoms with Crippen LogP contribution in [0.2, 0.25) is 0 Å². The zero-order valence-corrected chi connectivity index (χ0v) is 16.5. The molecular formula is C22H28N2O3. The fourth-order valence-corrected chi connectivity index (χ4v) is 3.52. The number of esters is 1. The van der Waals surface area contributed by atoms with Crippen LogP contribution in [-0.2, 0) is 22.4 Å². The number of nitrogens with one attached hydrogen (secondary N) is 1. The van der Waals surface area contributed by atoms with E-state index in [1.54, 1.807) is 6.92 Å². The number of para-hydroxylation sites is 1. The van der Waals surface area contributed by atoms with Gasteiger partial charge in [-0.1, -0.05) is 39.0 Å². The monoisotopic (exact) mass is 368 g/mol. The Labute approximate surface area is 160 Å². The molecule has 1 amide bonds. The van der Waals surface area contributed by atoms with Crippen molar-refractivity contribution >= 4 is 22.8 Å². The number of carbonyl (C=O) groups excluding carboxylic acids is 2. The molecule has 27 heavy (non-hydrogen) atoms. The van der Waals surface area contributed by atoms with Crippen LogP contribution in [0.15, 0.2) is 24.3 Å². The summed E-state index contributed by atoms with van der Waals surface area (Å²) in [6.07, 6.45) is 1.91. The minimum atomic E-state index is -0.833. The maximum atomic E-state index is 13.1. The van der Waals surface area contributed by atoms with E-state index in [0.29, 0.717) is 23.9 Å². The highest BCUT2D eigenvalue weighted by Crippen LogP contribution is 2.32. The normalized spacial score (nSPS) is 17.4. The molecule has 2 aromatic rings. The maximum absolute atomic E-state index is 13.1. The molecule has 0 unspecified atom stereocenters. The van der Waals surface area contributed by atoms with Gasteiger partial charge in [-0.3, -0.25) is 9.78 Å². The molecule has 5 heteroatoms. The standard InChI is InChI=1S/C22H28N2O3/c1-13(2)12-23-21(25)15(4)27-22(26)20-16-7-5-6-8-18(16)24-19-10-9-14(3)11-17(19)20/h5-8,13-15H,9-12H2,1-4H3,(H,23,25)/t14-,15+/m1/s1. The van der Waals surface area contributed by atoms with Gasteiger partial charge < -0.3 is 10.1 Å². The molecule has 1 aliphatic carbocycles. The third kappa shape index (κ3) is 4.29. The number of ether oxygens (including phenoxy) is 1. The molecule has 5 nitrogen and oxygen atoms in total. The number of fused-ring (bicyclic) bond motifs is 2. The zero-order valence-electron chi connectivity index (χ0n) is 16.5. The second kappa shape index (κ2) is 8.07. The molecule has 2 atom stereocenters. The lowest BCUT2D eigenvalue weighted by Gasteiger charge is -2.24. The molecule has 1 aromatic heterocycles. The topological polar surface area (TPSA) is 68.3 Å². The number of amides is 1. The lowest BCUT2D eigenvalue weighted by molar-refractivity contribution is -0.129. The lowest BCUT2D eigenvalue weighted by atomic mass is 9.84. The Bertz CT molecular complexity index is 860. The number of carbonyl (C=O) groups is 2. The minimum absolute atomic E-state index is 0.266.